The van der Waals surface area contributed by atoms with Crippen molar-refractivity contribution in [1.29, 1.82) is 0 Å². The van der Waals surface area contributed by atoms with E-state index in [2.05, 4.69) is 29.6 Å². The number of amides is 2. The van der Waals surface area contributed by atoms with Crippen LogP contribution in [0.1, 0.15) is 43.7 Å². The summed E-state index contributed by atoms with van der Waals surface area (Å²) in [5, 5.41) is 11.6. The monoisotopic (exact) mass is 468 g/mol. The minimum absolute atomic E-state index is 0.0275. The largest absolute Gasteiger partial charge is 0.481 e. The summed E-state index contributed by atoms with van der Waals surface area (Å²) in [4.78, 5) is 37.5. The second-order valence-corrected chi connectivity index (χ2v) is 8.53. The molecule has 0 bridgehead atoms. The first kappa shape index (κ1) is 25.2. The molecular weight excluding hydrogens is 436 g/mol. The summed E-state index contributed by atoms with van der Waals surface area (Å²) in [5.41, 5.74) is 4.59. The van der Waals surface area contributed by atoms with Crippen molar-refractivity contribution in [3.05, 3.63) is 59.7 Å². The lowest BCUT2D eigenvalue weighted by atomic mass is 9.98. The highest BCUT2D eigenvalue weighted by Crippen LogP contribution is 2.44. The number of methoxy groups -OCH3 is 1. The molecule has 0 aliphatic heterocycles. The van der Waals surface area contributed by atoms with Gasteiger partial charge in [0.15, 0.2) is 0 Å². The van der Waals surface area contributed by atoms with Gasteiger partial charge in [-0.3, -0.25) is 9.59 Å². The van der Waals surface area contributed by atoms with Gasteiger partial charge in [0.05, 0.1) is 6.42 Å². The number of carbonyl (C=O) groups excluding carboxylic acids is 2. The van der Waals surface area contributed by atoms with Crippen LogP contribution in [0.2, 0.25) is 0 Å². The average Bonchev–Trinajstić information content (AvgIpc) is 3.14. The van der Waals surface area contributed by atoms with E-state index < -0.39 is 18.2 Å². The van der Waals surface area contributed by atoms with Gasteiger partial charge in [0.2, 0.25) is 0 Å². The summed E-state index contributed by atoms with van der Waals surface area (Å²) in [6, 6.07) is 16.1. The summed E-state index contributed by atoms with van der Waals surface area (Å²) in [7, 11) is 1.42. The van der Waals surface area contributed by atoms with Gasteiger partial charge in [-0.2, -0.15) is 0 Å². The van der Waals surface area contributed by atoms with Crippen LogP contribution in [-0.4, -0.2) is 66.9 Å². The van der Waals surface area contributed by atoms with Crippen molar-refractivity contribution in [1.82, 2.24) is 10.2 Å². The third-order valence-electron chi connectivity index (χ3n) is 6.05. The molecule has 1 aliphatic carbocycles. The van der Waals surface area contributed by atoms with Gasteiger partial charge in [0, 0.05) is 38.6 Å². The van der Waals surface area contributed by atoms with Crippen LogP contribution < -0.4 is 5.32 Å². The van der Waals surface area contributed by atoms with Crippen LogP contribution in [0, 0.1) is 0 Å². The maximum absolute atomic E-state index is 12.8. The second-order valence-electron chi connectivity index (χ2n) is 8.53. The second kappa shape index (κ2) is 11.7. The lowest BCUT2D eigenvalue weighted by molar-refractivity contribution is -0.145. The Kier molecular flexibility index (Phi) is 8.65. The first-order valence-corrected chi connectivity index (χ1v) is 11.5. The van der Waals surface area contributed by atoms with Gasteiger partial charge in [-0.1, -0.05) is 48.5 Å². The Morgan fingerprint density at radius 2 is 1.62 bits per heavy atom. The molecule has 2 aromatic carbocycles. The average molecular weight is 469 g/mol. The number of carboxylic acid groups (broad SMARTS) is 1. The zero-order valence-electron chi connectivity index (χ0n) is 19.8. The Balaban J connectivity index is 1.51. The fraction of sp³-hybridized carbons (Fsp3) is 0.423. The van der Waals surface area contributed by atoms with Crippen molar-refractivity contribution in [2.75, 3.05) is 26.8 Å². The molecule has 2 amide bonds. The van der Waals surface area contributed by atoms with Crippen LogP contribution in [-0.2, 0) is 19.1 Å². The summed E-state index contributed by atoms with van der Waals surface area (Å²) < 4.78 is 10.8. The van der Waals surface area contributed by atoms with Crippen molar-refractivity contribution >= 4 is 18.0 Å². The van der Waals surface area contributed by atoms with E-state index in [-0.39, 0.29) is 50.4 Å². The van der Waals surface area contributed by atoms with Gasteiger partial charge in [0.25, 0.3) is 5.91 Å². The smallest absolute Gasteiger partial charge is 0.407 e. The minimum Gasteiger partial charge on any atom is -0.481 e. The number of nitrogens with one attached hydrogen (secondary N) is 1. The predicted molar refractivity (Wildman–Crippen MR) is 128 cm³/mol. The molecule has 0 heterocycles. The maximum Gasteiger partial charge on any atom is 0.407 e. The molecule has 1 aliphatic rings. The molecule has 8 nitrogen and oxygen atoms in total. The number of rotatable bonds is 11. The standard InChI is InChI=1S/C26H32N2O6/c1-17(2)28(15-13-24(29)30)25(31)23(33-3)12-14-27-26(32)34-16-22-20-10-6-4-8-18(20)19-9-5-7-11-21(19)22/h4-11,17,22-23H,12-16H2,1-3H3,(H,27,32)(H,29,30). The van der Waals surface area contributed by atoms with E-state index in [4.69, 9.17) is 14.6 Å². The quantitative estimate of drug-likeness (QED) is 0.522. The molecule has 2 aromatic rings. The van der Waals surface area contributed by atoms with Crippen LogP contribution >= 0.6 is 0 Å². The molecule has 0 radical (unpaired) electrons. The maximum atomic E-state index is 12.8. The molecule has 0 saturated heterocycles. The number of alkyl carbamates (subject to hydrolysis) is 1. The summed E-state index contributed by atoms with van der Waals surface area (Å²) in [6.45, 7) is 4.14. The van der Waals surface area contributed by atoms with Gasteiger partial charge in [-0.15, -0.1) is 0 Å². The molecule has 3 rings (SSSR count). The number of hydrogen-bond acceptors (Lipinski definition) is 5. The number of nitrogens with zero attached hydrogens (tertiary/aromatic N) is 1. The van der Waals surface area contributed by atoms with E-state index in [9.17, 15) is 14.4 Å². The first-order valence-electron chi connectivity index (χ1n) is 11.5. The Labute approximate surface area is 199 Å². The van der Waals surface area contributed by atoms with Gasteiger partial charge < -0.3 is 24.8 Å². The van der Waals surface area contributed by atoms with Crippen LogP contribution in [0.25, 0.3) is 11.1 Å². The lowest BCUT2D eigenvalue weighted by Crippen LogP contribution is -2.46. The summed E-state index contributed by atoms with van der Waals surface area (Å²) in [5.74, 6) is -1.29. The zero-order valence-corrected chi connectivity index (χ0v) is 19.8. The van der Waals surface area contributed by atoms with Gasteiger partial charge in [-0.05, 0) is 36.1 Å². The molecule has 0 saturated carbocycles. The highest BCUT2D eigenvalue weighted by molar-refractivity contribution is 5.82. The Bertz CT molecular complexity index is 976. The van der Waals surface area contributed by atoms with Crippen LogP contribution in [0.15, 0.2) is 48.5 Å². The van der Waals surface area contributed by atoms with Gasteiger partial charge >= 0.3 is 12.1 Å². The van der Waals surface area contributed by atoms with Crippen molar-refractivity contribution in [3.63, 3.8) is 0 Å². The molecule has 0 aromatic heterocycles. The molecular formula is C26H32N2O6. The number of carbonyl (C=O) groups is 3. The van der Waals surface area contributed by atoms with E-state index >= 15 is 0 Å². The number of fused-ring (bicyclic) bond motifs is 3. The highest BCUT2D eigenvalue weighted by Gasteiger charge is 2.29. The lowest BCUT2D eigenvalue weighted by Gasteiger charge is -2.29. The number of aliphatic carboxylic acids is 1. The van der Waals surface area contributed by atoms with Crippen LogP contribution in [0.4, 0.5) is 4.79 Å². The Hall–Kier alpha value is -3.39. The molecule has 8 heteroatoms. The van der Waals surface area contributed by atoms with Crippen LogP contribution in [0.3, 0.4) is 0 Å². The first-order chi connectivity index (χ1) is 16.3. The highest BCUT2D eigenvalue weighted by atomic mass is 16.5. The third kappa shape index (κ3) is 5.94. The SMILES string of the molecule is COC(CCNC(=O)OCC1c2ccccc2-c2ccccc21)C(=O)N(CCC(=O)O)C(C)C. The molecule has 1 unspecified atom stereocenters. The van der Waals surface area contributed by atoms with E-state index in [1.165, 1.54) is 12.0 Å². The van der Waals surface area contributed by atoms with E-state index in [0.29, 0.717) is 0 Å². The Morgan fingerprint density at radius 3 is 2.15 bits per heavy atom. The third-order valence-corrected chi connectivity index (χ3v) is 6.05. The number of hydrogen-bond donors (Lipinski definition) is 2. The van der Waals surface area contributed by atoms with Crippen molar-refractivity contribution in [3.8, 4) is 11.1 Å². The fourth-order valence-corrected chi connectivity index (χ4v) is 4.32. The normalized spacial score (nSPS) is 13.2. The number of ether oxygens (including phenoxy) is 2. The van der Waals surface area contributed by atoms with Crippen molar-refractivity contribution in [2.45, 2.75) is 44.8 Å². The summed E-state index contributed by atoms with van der Waals surface area (Å²) in [6.07, 6.45) is -1.24. The van der Waals surface area contributed by atoms with Crippen molar-refractivity contribution in [2.24, 2.45) is 0 Å². The van der Waals surface area contributed by atoms with E-state index in [0.717, 1.165) is 22.3 Å². The molecule has 1 atom stereocenters. The van der Waals surface area contributed by atoms with Gasteiger partial charge in [-0.25, -0.2) is 4.79 Å². The minimum atomic E-state index is -0.968. The molecule has 2 N–H and O–H groups in total. The summed E-state index contributed by atoms with van der Waals surface area (Å²) >= 11 is 0. The van der Waals surface area contributed by atoms with E-state index in [1.54, 1.807) is 0 Å². The fourth-order valence-electron chi connectivity index (χ4n) is 4.32. The van der Waals surface area contributed by atoms with E-state index in [1.807, 2.05) is 38.1 Å². The molecule has 0 fully saturated rings. The topological polar surface area (TPSA) is 105 Å². The Morgan fingerprint density at radius 1 is 1.03 bits per heavy atom. The molecule has 182 valence electrons. The predicted octanol–water partition coefficient (Wildman–Crippen LogP) is 3.64. The van der Waals surface area contributed by atoms with Gasteiger partial charge in [0.1, 0.15) is 12.7 Å². The zero-order chi connectivity index (χ0) is 24.7. The van der Waals surface area contributed by atoms with Crippen LogP contribution in [0.5, 0.6) is 0 Å². The molecule has 0 spiro atoms. The molecule has 34 heavy (non-hydrogen) atoms. The number of benzene rings is 2. The van der Waals surface area contributed by atoms with Crippen molar-refractivity contribution < 1.29 is 29.0 Å². The number of carboxylic acids is 1.